The van der Waals surface area contributed by atoms with Gasteiger partial charge in [0.15, 0.2) is 0 Å². The van der Waals surface area contributed by atoms with E-state index in [0.717, 1.165) is 45.7 Å². The second-order valence-corrected chi connectivity index (χ2v) is 6.15. The third kappa shape index (κ3) is 3.14. The van der Waals surface area contributed by atoms with Gasteiger partial charge in [-0.25, -0.2) is 0 Å². The molecule has 4 nitrogen and oxygen atoms in total. The van der Waals surface area contributed by atoms with Crippen LogP contribution in [0.2, 0.25) is 0 Å². The standard InChI is InChI=1S/C16H25N3O/c1-19(2)10-12-7-13-3-5-17-9-15(13)16(8-12)18-14-4-6-20-11-14/h7-8,14,17-18H,3-6,9-11H2,1-2H3/t14-/m1/s1. The highest BCUT2D eigenvalue weighted by molar-refractivity contribution is 5.58. The van der Waals surface area contributed by atoms with Crippen LogP contribution in [-0.4, -0.2) is 44.8 Å². The van der Waals surface area contributed by atoms with Crippen LogP contribution in [0.1, 0.15) is 23.1 Å². The first-order chi connectivity index (χ1) is 9.72. The summed E-state index contributed by atoms with van der Waals surface area (Å²) < 4.78 is 5.48. The Morgan fingerprint density at radius 2 is 2.30 bits per heavy atom. The molecule has 2 aliphatic rings. The van der Waals surface area contributed by atoms with E-state index in [-0.39, 0.29) is 0 Å². The molecule has 0 spiro atoms. The van der Waals surface area contributed by atoms with E-state index in [1.807, 2.05) is 0 Å². The van der Waals surface area contributed by atoms with Crippen molar-refractivity contribution in [3.8, 4) is 0 Å². The molecule has 2 aliphatic heterocycles. The van der Waals surface area contributed by atoms with Gasteiger partial charge < -0.3 is 20.3 Å². The van der Waals surface area contributed by atoms with Gasteiger partial charge in [0, 0.05) is 25.4 Å². The van der Waals surface area contributed by atoms with Crippen LogP contribution in [0.15, 0.2) is 12.1 Å². The van der Waals surface area contributed by atoms with Gasteiger partial charge in [-0.3, -0.25) is 0 Å². The van der Waals surface area contributed by atoms with Gasteiger partial charge in [0.2, 0.25) is 0 Å². The number of hydrogen-bond acceptors (Lipinski definition) is 4. The maximum atomic E-state index is 5.48. The van der Waals surface area contributed by atoms with E-state index in [4.69, 9.17) is 4.74 Å². The molecule has 2 N–H and O–H groups in total. The smallest absolute Gasteiger partial charge is 0.0668 e. The van der Waals surface area contributed by atoms with Crippen molar-refractivity contribution < 1.29 is 4.74 Å². The number of hydrogen-bond donors (Lipinski definition) is 2. The van der Waals surface area contributed by atoms with E-state index >= 15 is 0 Å². The molecule has 0 unspecified atom stereocenters. The molecular weight excluding hydrogens is 250 g/mol. The lowest BCUT2D eigenvalue weighted by molar-refractivity contribution is 0.195. The quantitative estimate of drug-likeness (QED) is 0.875. The van der Waals surface area contributed by atoms with Gasteiger partial charge in [0.25, 0.3) is 0 Å². The number of ether oxygens (including phenoxy) is 1. The minimum Gasteiger partial charge on any atom is -0.380 e. The summed E-state index contributed by atoms with van der Waals surface area (Å²) in [5.41, 5.74) is 5.66. The first kappa shape index (κ1) is 13.9. The van der Waals surface area contributed by atoms with Crippen LogP contribution in [0.3, 0.4) is 0 Å². The van der Waals surface area contributed by atoms with E-state index in [0.29, 0.717) is 6.04 Å². The van der Waals surface area contributed by atoms with E-state index in [1.54, 1.807) is 0 Å². The molecule has 0 saturated carbocycles. The van der Waals surface area contributed by atoms with Crippen LogP contribution in [0.4, 0.5) is 5.69 Å². The first-order valence-electron chi connectivity index (χ1n) is 7.57. The maximum Gasteiger partial charge on any atom is 0.0668 e. The van der Waals surface area contributed by atoms with Crippen molar-refractivity contribution in [3.63, 3.8) is 0 Å². The van der Waals surface area contributed by atoms with E-state index in [2.05, 4.69) is 41.8 Å². The number of nitrogens with zero attached hydrogens (tertiary/aromatic N) is 1. The van der Waals surface area contributed by atoms with Crippen molar-refractivity contribution in [1.82, 2.24) is 10.2 Å². The van der Waals surface area contributed by atoms with E-state index in [9.17, 15) is 0 Å². The third-order valence-corrected chi connectivity index (χ3v) is 4.06. The first-order valence-corrected chi connectivity index (χ1v) is 7.57. The van der Waals surface area contributed by atoms with Crippen molar-refractivity contribution in [2.45, 2.75) is 32.0 Å². The Kier molecular flexibility index (Phi) is 4.24. The SMILES string of the molecule is CN(C)Cc1cc2c(c(N[C@@H]3CCOC3)c1)CNCC2. The molecule has 0 aliphatic carbocycles. The van der Waals surface area contributed by atoms with Gasteiger partial charge in [-0.15, -0.1) is 0 Å². The molecule has 20 heavy (non-hydrogen) atoms. The van der Waals surface area contributed by atoms with Crippen molar-refractivity contribution in [2.24, 2.45) is 0 Å². The van der Waals surface area contributed by atoms with Gasteiger partial charge >= 0.3 is 0 Å². The van der Waals surface area contributed by atoms with Crippen molar-refractivity contribution in [2.75, 3.05) is 39.2 Å². The Labute approximate surface area is 121 Å². The number of benzene rings is 1. The molecule has 0 bridgehead atoms. The maximum absolute atomic E-state index is 5.48. The zero-order chi connectivity index (χ0) is 13.9. The third-order valence-electron chi connectivity index (χ3n) is 4.06. The van der Waals surface area contributed by atoms with Crippen LogP contribution < -0.4 is 10.6 Å². The molecule has 0 radical (unpaired) electrons. The van der Waals surface area contributed by atoms with Crippen LogP contribution in [-0.2, 0) is 24.2 Å². The molecule has 1 atom stereocenters. The fourth-order valence-corrected chi connectivity index (χ4v) is 3.12. The second-order valence-electron chi connectivity index (χ2n) is 6.15. The normalized spacial score (nSPS) is 22.1. The molecule has 0 amide bonds. The molecule has 2 heterocycles. The highest BCUT2D eigenvalue weighted by Crippen LogP contribution is 2.27. The minimum atomic E-state index is 0.468. The summed E-state index contributed by atoms with van der Waals surface area (Å²) in [5.74, 6) is 0. The van der Waals surface area contributed by atoms with Crippen LogP contribution in [0, 0.1) is 0 Å². The Hall–Kier alpha value is -1.10. The molecule has 110 valence electrons. The topological polar surface area (TPSA) is 36.5 Å². The molecule has 1 fully saturated rings. The Balaban J connectivity index is 1.87. The van der Waals surface area contributed by atoms with Crippen molar-refractivity contribution in [1.29, 1.82) is 0 Å². The summed E-state index contributed by atoms with van der Waals surface area (Å²) in [4.78, 5) is 2.23. The number of rotatable bonds is 4. The summed E-state index contributed by atoms with van der Waals surface area (Å²) >= 11 is 0. The van der Waals surface area contributed by atoms with Gasteiger partial charge in [0.1, 0.15) is 0 Å². The molecule has 4 heteroatoms. The molecule has 0 aromatic heterocycles. The molecule has 1 aromatic rings. The van der Waals surface area contributed by atoms with E-state index < -0.39 is 0 Å². The lowest BCUT2D eigenvalue weighted by atomic mass is 9.95. The second kappa shape index (κ2) is 6.12. The number of anilines is 1. The lowest BCUT2D eigenvalue weighted by Gasteiger charge is -2.25. The van der Waals surface area contributed by atoms with Gasteiger partial charge in [-0.05, 0) is 56.2 Å². The summed E-state index contributed by atoms with van der Waals surface area (Å²) in [6.07, 6.45) is 2.24. The van der Waals surface area contributed by atoms with Crippen LogP contribution in [0.5, 0.6) is 0 Å². The van der Waals surface area contributed by atoms with E-state index in [1.165, 1.54) is 22.4 Å². The Morgan fingerprint density at radius 3 is 3.05 bits per heavy atom. The average molecular weight is 275 g/mol. The van der Waals surface area contributed by atoms with Gasteiger partial charge in [-0.2, -0.15) is 0 Å². The Morgan fingerprint density at radius 1 is 1.40 bits per heavy atom. The predicted molar refractivity (Wildman–Crippen MR) is 82.1 cm³/mol. The summed E-state index contributed by atoms with van der Waals surface area (Å²) in [5, 5.41) is 7.18. The molecule has 1 saturated heterocycles. The fraction of sp³-hybridized carbons (Fsp3) is 0.625. The average Bonchev–Trinajstić information content (AvgIpc) is 2.91. The van der Waals surface area contributed by atoms with Crippen LogP contribution in [0.25, 0.3) is 0 Å². The van der Waals surface area contributed by atoms with Crippen molar-refractivity contribution >= 4 is 5.69 Å². The van der Waals surface area contributed by atoms with Gasteiger partial charge in [-0.1, -0.05) is 6.07 Å². The highest BCUT2D eigenvalue weighted by Gasteiger charge is 2.20. The summed E-state index contributed by atoms with van der Waals surface area (Å²) in [6.45, 7) is 4.78. The zero-order valence-electron chi connectivity index (χ0n) is 12.5. The highest BCUT2D eigenvalue weighted by atomic mass is 16.5. The van der Waals surface area contributed by atoms with Crippen LogP contribution >= 0.6 is 0 Å². The molecule has 1 aromatic carbocycles. The monoisotopic (exact) mass is 275 g/mol. The number of nitrogens with one attached hydrogen (secondary N) is 2. The fourth-order valence-electron chi connectivity index (χ4n) is 3.12. The summed E-state index contributed by atoms with van der Waals surface area (Å²) in [6, 6.07) is 5.17. The molecular formula is C16H25N3O. The Bertz CT molecular complexity index is 467. The number of fused-ring (bicyclic) bond motifs is 1. The van der Waals surface area contributed by atoms with Gasteiger partial charge in [0.05, 0.1) is 12.6 Å². The lowest BCUT2D eigenvalue weighted by Crippen LogP contribution is -2.27. The minimum absolute atomic E-state index is 0.468. The summed E-state index contributed by atoms with van der Waals surface area (Å²) in [7, 11) is 4.25. The largest absolute Gasteiger partial charge is 0.380 e. The molecule has 3 rings (SSSR count). The van der Waals surface area contributed by atoms with Crippen molar-refractivity contribution in [3.05, 3.63) is 28.8 Å². The predicted octanol–water partition coefficient (Wildman–Crippen LogP) is 1.59. The zero-order valence-corrected chi connectivity index (χ0v) is 12.5.